The Bertz CT molecular complexity index is 306. The molecule has 1 aromatic rings. The molecule has 0 saturated heterocycles. The van der Waals surface area contributed by atoms with Gasteiger partial charge in [0.15, 0.2) is 11.6 Å². The van der Waals surface area contributed by atoms with Gasteiger partial charge in [0, 0.05) is 14.0 Å². The first-order valence-corrected chi connectivity index (χ1v) is 3.34. The van der Waals surface area contributed by atoms with Crippen LogP contribution in [0.5, 0.6) is 0 Å². The molecule has 0 bridgehead atoms. The van der Waals surface area contributed by atoms with Crippen molar-refractivity contribution in [2.75, 3.05) is 0 Å². The summed E-state index contributed by atoms with van der Waals surface area (Å²) in [6, 6.07) is 0. The van der Waals surface area contributed by atoms with E-state index in [2.05, 4.69) is 4.98 Å². The number of halogens is 2. The topological polar surface area (TPSA) is 34.9 Å². The molecular weight excluding hydrogens is 166 g/mol. The second kappa shape index (κ2) is 3.00. The number of imidazole rings is 1. The second-order valence-electron chi connectivity index (χ2n) is 2.42. The molecule has 0 aliphatic carbocycles. The number of hydrogen-bond donors (Lipinski definition) is 0. The molecule has 0 aliphatic rings. The van der Waals surface area contributed by atoms with E-state index in [4.69, 9.17) is 0 Å². The molecule has 0 amide bonds. The molecule has 0 unspecified atom stereocenters. The van der Waals surface area contributed by atoms with Crippen LogP contribution < -0.4 is 0 Å². The maximum absolute atomic E-state index is 12.1. The Labute approximate surface area is 68.0 Å². The van der Waals surface area contributed by atoms with Crippen LogP contribution in [0.3, 0.4) is 0 Å². The van der Waals surface area contributed by atoms with Gasteiger partial charge in [0.2, 0.25) is 0 Å². The van der Waals surface area contributed by atoms with Crippen molar-refractivity contribution in [2.24, 2.45) is 7.05 Å². The molecule has 66 valence electrons. The lowest BCUT2D eigenvalue weighted by atomic mass is 10.4. The zero-order valence-electron chi connectivity index (χ0n) is 6.71. The van der Waals surface area contributed by atoms with Gasteiger partial charge in [-0.1, -0.05) is 0 Å². The molecule has 5 heteroatoms. The van der Waals surface area contributed by atoms with Crippen molar-refractivity contribution in [1.29, 1.82) is 0 Å². The van der Waals surface area contributed by atoms with Crippen LogP contribution in [-0.4, -0.2) is 15.3 Å². The first kappa shape index (κ1) is 8.83. The normalized spacial score (nSPS) is 10.8. The highest BCUT2D eigenvalue weighted by Gasteiger charge is 2.16. The van der Waals surface area contributed by atoms with Crippen molar-refractivity contribution in [1.82, 2.24) is 9.55 Å². The number of nitrogens with zero attached hydrogens (tertiary/aromatic N) is 2. The van der Waals surface area contributed by atoms with Crippen molar-refractivity contribution in [3.8, 4) is 0 Å². The molecule has 0 radical (unpaired) electrons. The Kier molecular flexibility index (Phi) is 2.21. The Hall–Kier alpha value is -1.26. The molecule has 1 rings (SSSR count). The summed E-state index contributed by atoms with van der Waals surface area (Å²) in [5.41, 5.74) is -0.236. The molecule has 0 atom stereocenters. The molecule has 12 heavy (non-hydrogen) atoms. The third kappa shape index (κ3) is 1.34. The molecule has 3 nitrogen and oxygen atoms in total. The van der Waals surface area contributed by atoms with E-state index >= 15 is 0 Å². The lowest BCUT2D eigenvalue weighted by molar-refractivity contribution is 0.0998. The summed E-state index contributed by atoms with van der Waals surface area (Å²) < 4.78 is 25.4. The maximum atomic E-state index is 12.1. The molecule has 0 aliphatic heterocycles. The van der Waals surface area contributed by atoms with E-state index in [0.717, 1.165) is 10.8 Å². The van der Waals surface area contributed by atoms with Crippen LogP contribution >= 0.6 is 0 Å². The van der Waals surface area contributed by atoms with Gasteiger partial charge in [0.1, 0.15) is 5.69 Å². The van der Waals surface area contributed by atoms with Crippen LogP contribution in [0.4, 0.5) is 8.78 Å². The summed E-state index contributed by atoms with van der Waals surface area (Å²) in [5.74, 6) is -0.255. The van der Waals surface area contributed by atoms with Crippen molar-refractivity contribution in [3.05, 3.63) is 17.7 Å². The third-order valence-corrected chi connectivity index (χ3v) is 1.56. The number of aromatic nitrogens is 2. The third-order valence-electron chi connectivity index (χ3n) is 1.56. The highest BCUT2D eigenvalue weighted by molar-refractivity contribution is 5.90. The van der Waals surface area contributed by atoms with E-state index in [1.807, 2.05) is 0 Å². The lowest BCUT2D eigenvalue weighted by Crippen LogP contribution is -2.06. The Morgan fingerprint density at radius 1 is 1.67 bits per heavy atom. The fourth-order valence-electron chi connectivity index (χ4n) is 0.953. The van der Waals surface area contributed by atoms with Gasteiger partial charge in [-0.15, -0.1) is 0 Å². The van der Waals surface area contributed by atoms with Gasteiger partial charge >= 0.3 is 0 Å². The zero-order valence-corrected chi connectivity index (χ0v) is 6.71. The number of alkyl halides is 2. The minimum Gasteiger partial charge on any atom is -0.324 e. The van der Waals surface area contributed by atoms with Crippen LogP contribution in [0.2, 0.25) is 0 Å². The first-order valence-electron chi connectivity index (χ1n) is 3.34. The van der Waals surface area contributed by atoms with E-state index in [1.165, 1.54) is 14.0 Å². The minimum atomic E-state index is -2.59. The average Bonchev–Trinajstić information content (AvgIpc) is 2.30. The van der Waals surface area contributed by atoms with Gasteiger partial charge in [0.25, 0.3) is 6.43 Å². The number of Topliss-reactive ketones (excluding diaryl/α,β-unsaturated/α-hetero) is 1. The predicted molar refractivity (Wildman–Crippen MR) is 38.2 cm³/mol. The molecule has 1 heterocycles. The smallest absolute Gasteiger partial charge is 0.280 e. The van der Waals surface area contributed by atoms with Gasteiger partial charge in [-0.2, -0.15) is 0 Å². The minimum absolute atomic E-state index is 0.0605. The first-order chi connectivity index (χ1) is 5.54. The molecular formula is C7H8F2N2O. The summed E-state index contributed by atoms with van der Waals surface area (Å²) >= 11 is 0. The summed E-state index contributed by atoms with van der Waals surface area (Å²) in [6.45, 7) is 1.29. The predicted octanol–water partition coefficient (Wildman–Crippen LogP) is 1.56. The Balaban J connectivity index is 3.13. The maximum Gasteiger partial charge on any atom is 0.280 e. The Morgan fingerprint density at radius 3 is 2.50 bits per heavy atom. The number of carbonyl (C=O) groups excluding carboxylic acids is 1. The molecule has 1 aromatic heterocycles. The molecule has 0 fully saturated rings. The van der Waals surface area contributed by atoms with Crippen molar-refractivity contribution >= 4 is 5.78 Å². The monoisotopic (exact) mass is 174 g/mol. The fourth-order valence-corrected chi connectivity index (χ4v) is 0.953. The Morgan fingerprint density at radius 2 is 2.25 bits per heavy atom. The standard InChI is InChI=1S/C7H8F2N2O/c1-4(12)7-10-3-5(6(8)9)11(7)2/h3,6H,1-2H3. The highest BCUT2D eigenvalue weighted by Crippen LogP contribution is 2.18. The van der Waals surface area contributed by atoms with Gasteiger partial charge in [-0.3, -0.25) is 4.79 Å². The van der Waals surface area contributed by atoms with E-state index in [-0.39, 0.29) is 17.3 Å². The second-order valence-corrected chi connectivity index (χ2v) is 2.42. The molecule has 0 aromatic carbocycles. The quantitative estimate of drug-likeness (QED) is 0.637. The van der Waals surface area contributed by atoms with Crippen molar-refractivity contribution < 1.29 is 13.6 Å². The summed E-state index contributed by atoms with van der Waals surface area (Å²) in [4.78, 5) is 14.3. The summed E-state index contributed by atoms with van der Waals surface area (Å²) in [5, 5.41) is 0. The van der Waals surface area contributed by atoms with Crippen molar-refractivity contribution in [3.63, 3.8) is 0 Å². The SMILES string of the molecule is CC(=O)c1ncc(C(F)F)n1C. The van der Waals surface area contributed by atoms with Gasteiger partial charge in [-0.25, -0.2) is 13.8 Å². The summed E-state index contributed by atoms with van der Waals surface area (Å²) in [7, 11) is 1.39. The highest BCUT2D eigenvalue weighted by atomic mass is 19.3. The van der Waals surface area contributed by atoms with Gasteiger partial charge in [0.05, 0.1) is 6.20 Å². The van der Waals surface area contributed by atoms with Crippen LogP contribution in [0, 0.1) is 0 Å². The van der Waals surface area contributed by atoms with Gasteiger partial charge < -0.3 is 4.57 Å². The number of rotatable bonds is 2. The lowest BCUT2D eigenvalue weighted by Gasteiger charge is -2.01. The summed E-state index contributed by atoms with van der Waals surface area (Å²) in [6.07, 6.45) is -1.57. The van der Waals surface area contributed by atoms with Crippen LogP contribution in [0.15, 0.2) is 6.20 Å². The van der Waals surface area contributed by atoms with Crippen molar-refractivity contribution in [2.45, 2.75) is 13.3 Å². The zero-order chi connectivity index (χ0) is 9.30. The number of carbonyl (C=O) groups is 1. The number of hydrogen-bond acceptors (Lipinski definition) is 2. The molecule has 0 N–H and O–H groups in total. The molecule has 0 spiro atoms. The fraction of sp³-hybridized carbons (Fsp3) is 0.429. The largest absolute Gasteiger partial charge is 0.324 e. The van der Waals surface area contributed by atoms with E-state index < -0.39 is 6.43 Å². The van der Waals surface area contributed by atoms with Crippen LogP contribution in [-0.2, 0) is 7.05 Å². The van der Waals surface area contributed by atoms with E-state index in [1.54, 1.807) is 0 Å². The van der Waals surface area contributed by atoms with Crippen LogP contribution in [0.1, 0.15) is 29.7 Å². The van der Waals surface area contributed by atoms with Crippen LogP contribution in [0.25, 0.3) is 0 Å². The molecule has 0 saturated carbocycles. The number of ketones is 1. The van der Waals surface area contributed by atoms with E-state index in [0.29, 0.717) is 0 Å². The van der Waals surface area contributed by atoms with Gasteiger partial charge in [-0.05, 0) is 0 Å². The van der Waals surface area contributed by atoms with E-state index in [9.17, 15) is 13.6 Å². The average molecular weight is 174 g/mol.